The van der Waals surface area contributed by atoms with Crippen LogP contribution in [0.1, 0.15) is 43.2 Å². The van der Waals surface area contributed by atoms with Crippen LogP contribution in [0, 0.1) is 0 Å². The smallest absolute Gasteiger partial charge is 0.244 e. The minimum Gasteiger partial charge on any atom is -0.497 e. The molecule has 0 spiro atoms. The molecule has 1 aliphatic rings. The van der Waals surface area contributed by atoms with Gasteiger partial charge in [0.25, 0.3) is 0 Å². The maximum absolute atomic E-state index is 14.4. The molecule has 1 N–H and O–H groups in total. The predicted octanol–water partition coefficient (Wildman–Crippen LogP) is 5.87. The fourth-order valence-corrected chi connectivity index (χ4v) is 6.68. The monoisotopic (exact) mass is 675 g/mol. The van der Waals surface area contributed by atoms with E-state index >= 15 is 0 Å². The van der Waals surface area contributed by atoms with Crippen molar-refractivity contribution in [2.24, 2.45) is 0 Å². The van der Waals surface area contributed by atoms with E-state index in [0.29, 0.717) is 21.4 Å². The van der Waals surface area contributed by atoms with E-state index in [0.717, 1.165) is 48.2 Å². The summed E-state index contributed by atoms with van der Waals surface area (Å²) in [5.41, 5.74) is 1.61. The highest BCUT2D eigenvalue weighted by molar-refractivity contribution is 7.92. The molecule has 0 bridgehead atoms. The molecule has 4 rings (SSSR count). The van der Waals surface area contributed by atoms with Crippen molar-refractivity contribution in [1.82, 2.24) is 10.2 Å². The largest absolute Gasteiger partial charge is 0.497 e. The number of ether oxygens (including phenoxy) is 2. The number of benzene rings is 3. The summed E-state index contributed by atoms with van der Waals surface area (Å²) in [6, 6.07) is 18.2. The van der Waals surface area contributed by atoms with Crippen molar-refractivity contribution in [3.63, 3.8) is 0 Å². The molecule has 242 valence electrons. The maximum atomic E-state index is 14.4. The Hall–Kier alpha value is -3.47. The van der Waals surface area contributed by atoms with Crippen LogP contribution in [0.3, 0.4) is 0 Å². The molecule has 3 aromatic rings. The van der Waals surface area contributed by atoms with E-state index < -0.39 is 28.5 Å². The number of carbonyl (C=O) groups is 2. The van der Waals surface area contributed by atoms with E-state index in [1.54, 1.807) is 30.3 Å². The molecule has 0 saturated heterocycles. The molecule has 1 atom stereocenters. The van der Waals surface area contributed by atoms with Crippen LogP contribution in [0.25, 0.3) is 0 Å². The average molecular weight is 677 g/mol. The Morgan fingerprint density at radius 2 is 1.62 bits per heavy atom. The first-order valence-corrected chi connectivity index (χ1v) is 17.4. The van der Waals surface area contributed by atoms with Gasteiger partial charge in [0.1, 0.15) is 24.1 Å². The number of hydrogen-bond donors (Lipinski definition) is 1. The second-order valence-electron chi connectivity index (χ2n) is 11.1. The van der Waals surface area contributed by atoms with Crippen molar-refractivity contribution in [3.05, 3.63) is 87.9 Å². The minimum atomic E-state index is -4.01. The lowest BCUT2D eigenvalue weighted by molar-refractivity contribution is -0.140. The number of carbonyl (C=O) groups excluding carboxylic acids is 2. The molecule has 45 heavy (non-hydrogen) atoms. The lowest BCUT2D eigenvalue weighted by atomic mass is 9.94. The highest BCUT2D eigenvalue weighted by Crippen LogP contribution is 2.34. The van der Waals surface area contributed by atoms with Crippen LogP contribution in [0.5, 0.6) is 11.5 Å². The van der Waals surface area contributed by atoms with Gasteiger partial charge in [0, 0.05) is 25.1 Å². The Kier molecular flexibility index (Phi) is 12.0. The second-order valence-corrected chi connectivity index (χ2v) is 13.8. The van der Waals surface area contributed by atoms with Crippen LogP contribution in [0.4, 0.5) is 5.69 Å². The molecule has 2 amide bonds. The lowest BCUT2D eigenvalue weighted by Gasteiger charge is -2.35. The first kappa shape index (κ1) is 34.4. The first-order valence-electron chi connectivity index (χ1n) is 14.8. The van der Waals surface area contributed by atoms with Gasteiger partial charge in [0.15, 0.2) is 0 Å². The van der Waals surface area contributed by atoms with Crippen molar-refractivity contribution < 1.29 is 27.5 Å². The third-order valence-corrected chi connectivity index (χ3v) is 9.76. The Balaban J connectivity index is 1.78. The lowest BCUT2D eigenvalue weighted by Crippen LogP contribution is -2.55. The van der Waals surface area contributed by atoms with Crippen LogP contribution in [-0.4, -0.2) is 64.2 Å². The molecule has 1 aliphatic carbocycles. The van der Waals surface area contributed by atoms with Gasteiger partial charge in [-0.15, -0.1) is 0 Å². The molecule has 0 unspecified atom stereocenters. The van der Waals surface area contributed by atoms with E-state index in [2.05, 4.69) is 5.32 Å². The predicted molar refractivity (Wildman–Crippen MR) is 178 cm³/mol. The van der Waals surface area contributed by atoms with Crippen molar-refractivity contribution in [1.29, 1.82) is 0 Å². The number of halogens is 2. The molecular formula is C33H39Cl2N3O6S. The fraction of sp³-hybridized carbons (Fsp3) is 0.394. The van der Waals surface area contributed by atoms with Gasteiger partial charge < -0.3 is 19.7 Å². The first-order chi connectivity index (χ1) is 21.5. The molecule has 9 nitrogen and oxygen atoms in total. The number of amides is 2. The third-order valence-electron chi connectivity index (χ3n) is 7.89. The molecule has 0 aliphatic heterocycles. The zero-order chi connectivity index (χ0) is 32.6. The highest BCUT2D eigenvalue weighted by Gasteiger charge is 2.35. The maximum Gasteiger partial charge on any atom is 0.244 e. The summed E-state index contributed by atoms with van der Waals surface area (Å²) in [6.07, 6.45) is 6.12. The minimum absolute atomic E-state index is 0.0000135. The molecular weight excluding hydrogens is 637 g/mol. The summed E-state index contributed by atoms with van der Waals surface area (Å²) < 4.78 is 38.2. The van der Waals surface area contributed by atoms with Crippen LogP contribution in [-0.2, 0) is 32.6 Å². The van der Waals surface area contributed by atoms with Gasteiger partial charge in [0.2, 0.25) is 21.8 Å². The van der Waals surface area contributed by atoms with Crippen LogP contribution in [0.2, 0.25) is 10.0 Å². The summed E-state index contributed by atoms with van der Waals surface area (Å²) in [5, 5.41) is 3.83. The standard InChI is InChI=1S/C33H39Cl2N3O6S/c1-43-26-15-17-31(44-2)29(20-26)38(45(3,41)42)22-32(39)37(21-24-14-16-27(34)28(35)18-24)30(19-23-10-6-4-7-11-23)33(40)36-25-12-8-5-9-13-25/h4,6-7,10-11,14-18,20,25,30H,5,8-9,12-13,19,21-22H2,1-3H3,(H,36,40)/t30-/m1/s1. The zero-order valence-corrected chi connectivity index (χ0v) is 28.0. The quantitative estimate of drug-likeness (QED) is 0.243. The number of methoxy groups -OCH3 is 2. The van der Waals surface area contributed by atoms with Gasteiger partial charge in [-0.1, -0.05) is 78.9 Å². The number of nitrogens with zero attached hydrogens (tertiary/aromatic N) is 2. The van der Waals surface area contributed by atoms with Gasteiger partial charge in [-0.05, 0) is 48.2 Å². The van der Waals surface area contributed by atoms with E-state index in [-0.39, 0.29) is 36.4 Å². The number of nitrogens with one attached hydrogen (secondary N) is 1. The fourth-order valence-electron chi connectivity index (χ4n) is 5.52. The van der Waals surface area contributed by atoms with Gasteiger partial charge in [-0.25, -0.2) is 8.42 Å². The van der Waals surface area contributed by atoms with E-state index in [9.17, 15) is 18.0 Å². The van der Waals surface area contributed by atoms with Gasteiger partial charge >= 0.3 is 0 Å². The summed E-state index contributed by atoms with van der Waals surface area (Å²) in [5.74, 6) is -0.269. The number of hydrogen-bond acceptors (Lipinski definition) is 6. The zero-order valence-electron chi connectivity index (χ0n) is 25.7. The summed E-state index contributed by atoms with van der Waals surface area (Å²) in [6.45, 7) is -0.607. The molecule has 1 fully saturated rings. The summed E-state index contributed by atoms with van der Waals surface area (Å²) in [4.78, 5) is 29.9. The Morgan fingerprint density at radius 3 is 2.24 bits per heavy atom. The van der Waals surface area contributed by atoms with Crippen molar-refractivity contribution in [3.8, 4) is 11.5 Å². The normalized spacial score (nSPS) is 14.3. The SMILES string of the molecule is COc1ccc(OC)c(N(CC(=O)N(Cc2ccc(Cl)c(Cl)c2)[C@H](Cc2ccccc2)C(=O)NC2CCCCC2)S(C)(=O)=O)c1. The van der Waals surface area contributed by atoms with Crippen LogP contribution >= 0.6 is 23.2 Å². The molecule has 0 aromatic heterocycles. The molecule has 3 aromatic carbocycles. The molecule has 0 radical (unpaired) electrons. The van der Waals surface area contributed by atoms with Gasteiger partial charge in [-0.2, -0.15) is 0 Å². The number of rotatable bonds is 13. The van der Waals surface area contributed by atoms with Crippen LogP contribution in [0.15, 0.2) is 66.7 Å². The Bertz CT molecular complexity index is 1580. The van der Waals surface area contributed by atoms with Gasteiger partial charge in [-0.3, -0.25) is 13.9 Å². The number of anilines is 1. The number of sulfonamides is 1. The third kappa shape index (κ3) is 9.28. The van der Waals surface area contributed by atoms with Gasteiger partial charge in [0.05, 0.1) is 36.2 Å². The highest BCUT2D eigenvalue weighted by atomic mass is 35.5. The molecule has 12 heteroatoms. The van der Waals surface area contributed by atoms with E-state index in [4.69, 9.17) is 32.7 Å². The van der Waals surface area contributed by atoms with Crippen molar-refractivity contribution in [2.45, 2.75) is 57.2 Å². The average Bonchev–Trinajstić information content (AvgIpc) is 3.03. The van der Waals surface area contributed by atoms with E-state index in [1.807, 2.05) is 30.3 Å². The molecule has 0 heterocycles. The van der Waals surface area contributed by atoms with Crippen LogP contribution < -0.4 is 19.1 Å². The second kappa shape index (κ2) is 15.7. The van der Waals surface area contributed by atoms with E-state index in [1.165, 1.54) is 25.2 Å². The van der Waals surface area contributed by atoms with Crippen molar-refractivity contribution >= 4 is 50.7 Å². The van der Waals surface area contributed by atoms with Crippen molar-refractivity contribution in [2.75, 3.05) is 31.3 Å². The Labute approximate surface area is 275 Å². The Morgan fingerprint density at radius 1 is 0.911 bits per heavy atom. The summed E-state index contributed by atoms with van der Waals surface area (Å²) >= 11 is 12.5. The topological polar surface area (TPSA) is 105 Å². The summed E-state index contributed by atoms with van der Waals surface area (Å²) in [7, 11) is -1.14. The molecule has 1 saturated carbocycles.